The Hall–Kier alpha value is -1.60. The van der Waals surface area contributed by atoms with Gasteiger partial charge in [0.15, 0.2) is 16.6 Å². The number of ether oxygens (including phenoxy) is 1. The van der Waals surface area contributed by atoms with Crippen LogP contribution in [-0.4, -0.2) is 23.2 Å². The molecule has 94 valence electrons. The predicted molar refractivity (Wildman–Crippen MR) is 74.2 cm³/mol. The summed E-state index contributed by atoms with van der Waals surface area (Å²) < 4.78 is 5.75. The number of benzene rings is 1. The first-order valence-corrected chi connectivity index (χ1v) is 6.12. The Morgan fingerprint density at radius 1 is 1.44 bits per heavy atom. The van der Waals surface area contributed by atoms with Crippen molar-refractivity contribution in [2.75, 3.05) is 7.11 Å². The van der Waals surface area contributed by atoms with E-state index in [9.17, 15) is 9.90 Å². The Morgan fingerprint density at radius 3 is 2.72 bits per heavy atom. The monoisotopic (exact) mass is 328 g/mol. The van der Waals surface area contributed by atoms with E-state index in [-0.39, 0.29) is 22.5 Å². The van der Waals surface area contributed by atoms with E-state index in [0.29, 0.717) is 11.3 Å². The van der Waals surface area contributed by atoms with Crippen molar-refractivity contribution < 1.29 is 14.6 Å². The standard InChI is InChI=1S/C11H9BrN2O3S/c1-17-8-4-6(12)2-5(9(8)15)3-7-10(16)14-11(18)13-7/h2-4,15H,1H3,(H2,13,14,16,18). The van der Waals surface area contributed by atoms with Crippen LogP contribution in [0.4, 0.5) is 0 Å². The normalized spacial score (nSPS) is 16.7. The molecule has 1 fully saturated rings. The highest BCUT2D eigenvalue weighted by atomic mass is 79.9. The summed E-state index contributed by atoms with van der Waals surface area (Å²) in [7, 11) is 1.45. The number of hydrogen-bond donors (Lipinski definition) is 3. The highest BCUT2D eigenvalue weighted by Gasteiger charge is 2.21. The molecule has 1 aromatic rings. The molecular formula is C11H9BrN2O3S. The first kappa shape index (κ1) is 12.8. The molecule has 7 heteroatoms. The van der Waals surface area contributed by atoms with E-state index in [0.717, 1.165) is 4.47 Å². The Morgan fingerprint density at radius 2 is 2.17 bits per heavy atom. The molecule has 1 aliphatic heterocycles. The van der Waals surface area contributed by atoms with Gasteiger partial charge in [0.25, 0.3) is 5.91 Å². The van der Waals surface area contributed by atoms with E-state index in [1.165, 1.54) is 13.2 Å². The van der Waals surface area contributed by atoms with Crippen molar-refractivity contribution in [3.05, 3.63) is 27.9 Å². The maximum Gasteiger partial charge on any atom is 0.273 e. The van der Waals surface area contributed by atoms with Gasteiger partial charge in [-0.05, 0) is 30.4 Å². The number of methoxy groups -OCH3 is 1. The number of rotatable bonds is 2. The van der Waals surface area contributed by atoms with E-state index in [2.05, 4.69) is 26.6 Å². The van der Waals surface area contributed by atoms with E-state index in [4.69, 9.17) is 17.0 Å². The zero-order valence-electron chi connectivity index (χ0n) is 9.28. The number of halogens is 1. The summed E-state index contributed by atoms with van der Waals surface area (Å²) in [6.07, 6.45) is 1.50. The van der Waals surface area contributed by atoms with Crippen molar-refractivity contribution in [1.29, 1.82) is 0 Å². The molecule has 18 heavy (non-hydrogen) atoms. The van der Waals surface area contributed by atoms with Crippen molar-refractivity contribution in [3.8, 4) is 11.5 Å². The van der Waals surface area contributed by atoms with Gasteiger partial charge in [-0.1, -0.05) is 15.9 Å². The van der Waals surface area contributed by atoms with Crippen LogP contribution in [0.3, 0.4) is 0 Å². The molecule has 5 nitrogen and oxygen atoms in total. The third-order valence-corrected chi connectivity index (χ3v) is 2.97. The van der Waals surface area contributed by atoms with Crippen LogP contribution in [0.2, 0.25) is 0 Å². The van der Waals surface area contributed by atoms with Crippen LogP contribution in [0, 0.1) is 0 Å². The van der Waals surface area contributed by atoms with Gasteiger partial charge in [0.2, 0.25) is 0 Å². The number of nitrogens with one attached hydrogen (secondary N) is 2. The molecule has 0 aromatic heterocycles. The van der Waals surface area contributed by atoms with Crippen molar-refractivity contribution in [2.24, 2.45) is 0 Å². The molecule has 1 aromatic carbocycles. The highest BCUT2D eigenvalue weighted by molar-refractivity contribution is 9.10. The quantitative estimate of drug-likeness (QED) is 0.567. The second-order valence-electron chi connectivity index (χ2n) is 3.51. The minimum atomic E-state index is -0.335. The van der Waals surface area contributed by atoms with E-state index in [1.807, 2.05) is 0 Å². The van der Waals surface area contributed by atoms with Crippen LogP contribution < -0.4 is 15.4 Å². The summed E-state index contributed by atoms with van der Waals surface area (Å²) in [5.74, 6) is -0.0591. The molecule has 0 aliphatic carbocycles. The molecule has 3 N–H and O–H groups in total. The number of carbonyl (C=O) groups is 1. The van der Waals surface area contributed by atoms with Crippen molar-refractivity contribution >= 4 is 45.2 Å². The average molecular weight is 329 g/mol. The zero-order valence-corrected chi connectivity index (χ0v) is 11.7. The number of aromatic hydroxyl groups is 1. The number of amides is 1. The van der Waals surface area contributed by atoms with Crippen LogP contribution >= 0.6 is 28.1 Å². The zero-order chi connectivity index (χ0) is 13.3. The topological polar surface area (TPSA) is 70.6 Å². The summed E-state index contributed by atoms with van der Waals surface area (Å²) in [6.45, 7) is 0. The molecule has 0 bridgehead atoms. The van der Waals surface area contributed by atoms with Crippen LogP contribution in [0.15, 0.2) is 22.3 Å². The van der Waals surface area contributed by atoms with E-state index in [1.54, 1.807) is 12.1 Å². The Balaban J connectivity index is 2.46. The lowest BCUT2D eigenvalue weighted by atomic mass is 10.1. The van der Waals surface area contributed by atoms with Crippen molar-refractivity contribution in [1.82, 2.24) is 10.6 Å². The SMILES string of the molecule is COc1cc(Br)cc(C=C2NC(=S)NC2=O)c1O. The van der Waals surface area contributed by atoms with Gasteiger partial charge in [-0.15, -0.1) is 0 Å². The molecule has 0 radical (unpaired) electrons. The van der Waals surface area contributed by atoms with Crippen molar-refractivity contribution in [3.63, 3.8) is 0 Å². The lowest BCUT2D eigenvalue weighted by Gasteiger charge is -2.07. The summed E-state index contributed by atoms with van der Waals surface area (Å²) in [5, 5.41) is 15.3. The summed E-state index contributed by atoms with van der Waals surface area (Å²) >= 11 is 8.11. The summed E-state index contributed by atoms with van der Waals surface area (Å²) in [4.78, 5) is 11.5. The summed E-state index contributed by atoms with van der Waals surface area (Å²) in [5.41, 5.74) is 0.721. The van der Waals surface area contributed by atoms with Gasteiger partial charge in [-0.2, -0.15) is 0 Å². The predicted octanol–water partition coefficient (Wildman–Crippen LogP) is 1.51. The fourth-order valence-corrected chi connectivity index (χ4v) is 2.16. The number of carbonyl (C=O) groups excluding carboxylic acids is 1. The Bertz CT molecular complexity index is 572. The third-order valence-electron chi connectivity index (χ3n) is 2.31. The Labute approximate surface area is 117 Å². The van der Waals surface area contributed by atoms with Gasteiger partial charge in [0.05, 0.1) is 7.11 Å². The van der Waals surface area contributed by atoms with Gasteiger partial charge >= 0.3 is 0 Å². The van der Waals surface area contributed by atoms with Gasteiger partial charge < -0.3 is 15.2 Å². The van der Waals surface area contributed by atoms with Crippen LogP contribution in [-0.2, 0) is 4.79 Å². The molecule has 0 atom stereocenters. The smallest absolute Gasteiger partial charge is 0.273 e. The van der Waals surface area contributed by atoms with Gasteiger partial charge in [0.1, 0.15) is 5.70 Å². The largest absolute Gasteiger partial charge is 0.504 e. The van der Waals surface area contributed by atoms with Gasteiger partial charge in [-0.3, -0.25) is 10.1 Å². The second-order valence-corrected chi connectivity index (χ2v) is 4.84. The maximum absolute atomic E-state index is 11.5. The maximum atomic E-state index is 11.5. The lowest BCUT2D eigenvalue weighted by Crippen LogP contribution is -2.21. The number of phenolic OH excluding ortho intramolecular Hbond substituents is 1. The van der Waals surface area contributed by atoms with E-state index < -0.39 is 0 Å². The molecule has 1 aliphatic rings. The first-order valence-electron chi connectivity index (χ1n) is 4.92. The van der Waals surface area contributed by atoms with Gasteiger partial charge in [-0.25, -0.2) is 0 Å². The minimum absolute atomic E-state index is 0.0411. The van der Waals surface area contributed by atoms with Crippen molar-refractivity contribution in [2.45, 2.75) is 0 Å². The van der Waals surface area contributed by atoms with E-state index >= 15 is 0 Å². The molecule has 1 saturated heterocycles. The number of hydrogen-bond acceptors (Lipinski definition) is 4. The average Bonchev–Trinajstić information content (AvgIpc) is 2.62. The van der Waals surface area contributed by atoms with Crippen LogP contribution in [0.1, 0.15) is 5.56 Å². The lowest BCUT2D eigenvalue weighted by molar-refractivity contribution is -0.115. The minimum Gasteiger partial charge on any atom is -0.504 e. The molecule has 0 spiro atoms. The molecule has 2 rings (SSSR count). The Kier molecular flexibility index (Phi) is 3.53. The number of phenols is 1. The molecular weight excluding hydrogens is 320 g/mol. The highest BCUT2D eigenvalue weighted by Crippen LogP contribution is 2.34. The first-order chi connectivity index (χ1) is 8.51. The fraction of sp³-hybridized carbons (Fsp3) is 0.0909. The van der Waals surface area contributed by atoms with Crippen LogP contribution in [0.5, 0.6) is 11.5 Å². The number of thiocarbonyl (C=S) groups is 1. The second kappa shape index (κ2) is 4.95. The summed E-state index contributed by atoms with van der Waals surface area (Å²) in [6, 6.07) is 3.30. The molecule has 1 amide bonds. The third kappa shape index (κ3) is 2.46. The van der Waals surface area contributed by atoms with Gasteiger partial charge in [0, 0.05) is 10.0 Å². The van der Waals surface area contributed by atoms with Crippen LogP contribution in [0.25, 0.3) is 6.08 Å². The fourth-order valence-electron chi connectivity index (χ4n) is 1.50. The molecule has 1 heterocycles. The molecule has 0 unspecified atom stereocenters. The molecule has 0 saturated carbocycles.